The van der Waals surface area contributed by atoms with E-state index >= 15 is 0 Å². The number of carbonyl (C=O) groups excluding carboxylic acids is 2. The SMILES string of the molecule is CC1CC1C(=O)Nc1ccc(C(=O)NCCc2ccc(C(F)(F)F)cc2)cc1. The molecule has 0 aromatic heterocycles. The predicted octanol–water partition coefficient (Wildman–Crippen LogP) is 4.27. The lowest BCUT2D eigenvalue weighted by molar-refractivity contribution is -0.137. The van der Waals surface area contributed by atoms with Crippen LogP contribution in [0, 0.1) is 11.8 Å². The number of hydrogen-bond acceptors (Lipinski definition) is 2. The first-order valence-corrected chi connectivity index (χ1v) is 9.09. The van der Waals surface area contributed by atoms with Crippen molar-refractivity contribution in [3.8, 4) is 0 Å². The zero-order chi connectivity index (χ0) is 20.3. The van der Waals surface area contributed by atoms with Crippen molar-refractivity contribution < 1.29 is 22.8 Å². The molecule has 148 valence electrons. The second-order valence-corrected chi connectivity index (χ2v) is 7.09. The van der Waals surface area contributed by atoms with E-state index < -0.39 is 11.7 Å². The topological polar surface area (TPSA) is 58.2 Å². The molecule has 0 heterocycles. The second kappa shape index (κ2) is 8.04. The number of anilines is 1. The number of amides is 2. The molecule has 0 aliphatic heterocycles. The number of nitrogens with one attached hydrogen (secondary N) is 2. The summed E-state index contributed by atoms with van der Waals surface area (Å²) in [5, 5.41) is 5.57. The zero-order valence-electron chi connectivity index (χ0n) is 15.3. The van der Waals surface area contributed by atoms with Gasteiger partial charge in [0.05, 0.1) is 5.56 Å². The van der Waals surface area contributed by atoms with Crippen LogP contribution in [0.4, 0.5) is 18.9 Å². The third kappa shape index (κ3) is 5.12. The monoisotopic (exact) mass is 390 g/mol. The summed E-state index contributed by atoms with van der Waals surface area (Å²) in [6, 6.07) is 11.5. The van der Waals surface area contributed by atoms with Gasteiger partial charge in [0, 0.05) is 23.7 Å². The Bertz CT molecular complexity index is 845. The molecule has 2 amide bonds. The van der Waals surface area contributed by atoms with Crippen LogP contribution >= 0.6 is 0 Å². The summed E-state index contributed by atoms with van der Waals surface area (Å²) in [4.78, 5) is 24.1. The number of halogens is 3. The Morgan fingerprint density at radius 2 is 1.64 bits per heavy atom. The summed E-state index contributed by atoms with van der Waals surface area (Å²) < 4.78 is 37.6. The standard InChI is InChI=1S/C21H21F3N2O2/c1-13-12-18(13)20(28)26-17-8-4-15(5-9-17)19(27)25-11-10-14-2-6-16(7-3-14)21(22,23)24/h2-9,13,18H,10-12H2,1H3,(H,25,27)(H,26,28). The lowest BCUT2D eigenvalue weighted by Gasteiger charge is -2.09. The third-order valence-corrected chi connectivity index (χ3v) is 4.84. The molecule has 0 saturated heterocycles. The van der Waals surface area contributed by atoms with Crippen LogP contribution in [0.1, 0.15) is 34.8 Å². The van der Waals surface area contributed by atoms with E-state index in [-0.39, 0.29) is 17.7 Å². The first-order valence-electron chi connectivity index (χ1n) is 9.09. The summed E-state index contributed by atoms with van der Waals surface area (Å²) in [5.74, 6) is 0.227. The maximum Gasteiger partial charge on any atom is 0.416 e. The normalized spacial score (nSPS) is 18.4. The van der Waals surface area contributed by atoms with Crippen LogP contribution in [-0.4, -0.2) is 18.4 Å². The quantitative estimate of drug-likeness (QED) is 0.774. The number of benzene rings is 2. The molecular weight excluding hydrogens is 369 g/mol. The summed E-state index contributed by atoms with van der Waals surface area (Å²) in [7, 11) is 0. The summed E-state index contributed by atoms with van der Waals surface area (Å²) >= 11 is 0. The van der Waals surface area contributed by atoms with E-state index in [1.165, 1.54) is 12.1 Å². The van der Waals surface area contributed by atoms with E-state index in [4.69, 9.17) is 0 Å². The third-order valence-electron chi connectivity index (χ3n) is 4.84. The number of alkyl halides is 3. The van der Waals surface area contributed by atoms with Crippen molar-refractivity contribution in [1.29, 1.82) is 0 Å². The fourth-order valence-corrected chi connectivity index (χ4v) is 2.91. The van der Waals surface area contributed by atoms with E-state index in [2.05, 4.69) is 10.6 Å². The van der Waals surface area contributed by atoms with Gasteiger partial charge in [-0.3, -0.25) is 9.59 Å². The maximum absolute atomic E-state index is 12.5. The van der Waals surface area contributed by atoms with Crippen LogP contribution in [0.15, 0.2) is 48.5 Å². The van der Waals surface area contributed by atoms with Crippen molar-refractivity contribution in [2.75, 3.05) is 11.9 Å². The smallest absolute Gasteiger partial charge is 0.352 e. The molecule has 2 aromatic carbocycles. The summed E-state index contributed by atoms with van der Waals surface area (Å²) in [5.41, 5.74) is 1.11. The Morgan fingerprint density at radius 3 is 2.18 bits per heavy atom. The number of carbonyl (C=O) groups is 2. The Kier molecular flexibility index (Phi) is 5.72. The molecule has 3 rings (SSSR count). The highest BCUT2D eigenvalue weighted by atomic mass is 19.4. The van der Waals surface area contributed by atoms with Gasteiger partial charge in [-0.15, -0.1) is 0 Å². The van der Waals surface area contributed by atoms with Gasteiger partial charge in [0.15, 0.2) is 0 Å². The molecule has 2 aromatic rings. The predicted molar refractivity (Wildman–Crippen MR) is 99.8 cm³/mol. The molecule has 1 aliphatic rings. The van der Waals surface area contributed by atoms with Gasteiger partial charge in [0.2, 0.25) is 5.91 Å². The molecule has 1 saturated carbocycles. The second-order valence-electron chi connectivity index (χ2n) is 7.09. The highest BCUT2D eigenvalue weighted by Crippen LogP contribution is 2.38. The Labute approximate surface area is 161 Å². The number of rotatable bonds is 6. The molecule has 1 aliphatic carbocycles. The Hall–Kier alpha value is -2.83. The molecule has 0 radical (unpaired) electrons. The fourth-order valence-electron chi connectivity index (χ4n) is 2.91. The Balaban J connectivity index is 1.46. The minimum atomic E-state index is -4.35. The molecule has 2 N–H and O–H groups in total. The van der Waals surface area contributed by atoms with E-state index in [0.29, 0.717) is 35.7 Å². The van der Waals surface area contributed by atoms with E-state index in [9.17, 15) is 22.8 Å². The maximum atomic E-state index is 12.5. The van der Waals surface area contributed by atoms with Crippen LogP contribution in [0.25, 0.3) is 0 Å². The van der Waals surface area contributed by atoms with Crippen molar-refractivity contribution in [1.82, 2.24) is 5.32 Å². The van der Waals surface area contributed by atoms with Crippen molar-refractivity contribution in [3.05, 3.63) is 65.2 Å². The zero-order valence-corrected chi connectivity index (χ0v) is 15.3. The first kappa shape index (κ1) is 19.9. The minimum absolute atomic E-state index is 0.00115. The lowest BCUT2D eigenvalue weighted by atomic mass is 10.1. The van der Waals surface area contributed by atoms with Crippen molar-refractivity contribution in [2.45, 2.75) is 25.9 Å². The molecule has 4 nitrogen and oxygen atoms in total. The van der Waals surface area contributed by atoms with Crippen molar-refractivity contribution in [2.24, 2.45) is 11.8 Å². The van der Waals surface area contributed by atoms with Gasteiger partial charge in [-0.25, -0.2) is 0 Å². The Morgan fingerprint density at radius 1 is 1.04 bits per heavy atom. The van der Waals surface area contributed by atoms with Crippen LogP contribution in [0.5, 0.6) is 0 Å². The van der Waals surface area contributed by atoms with E-state index in [1.807, 2.05) is 6.92 Å². The largest absolute Gasteiger partial charge is 0.416 e. The van der Waals surface area contributed by atoms with Crippen molar-refractivity contribution >= 4 is 17.5 Å². The average Bonchev–Trinajstić information content (AvgIpc) is 3.39. The van der Waals surface area contributed by atoms with Crippen LogP contribution < -0.4 is 10.6 Å². The highest BCUT2D eigenvalue weighted by molar-refractivity contribution is 5.96. The highest BCUT2D eigenvalue weighted by Gasteiger charge is 2.39. The molecular formula is C21H21F3N2O2. The summed E-state index contributed by atoms with van der Waals surface area (Å²) in [6.07, 6.45) is -3.02. The van der Waals surface area contributed by atoms with Gasteiger partial charge < -0.3 is 10.6 Å². The molecule has 0 bridgehead atoms. The minimum Gasteiger partial charge on any atom is -0.352 e. The molecule has 28 heavy (non-hydrogen) atoms. The van der Waals surface area contributed by atoms with Gasteiger partial charge in [-0.2, -0.15) is 13.2 Å². The van der Waals surface area contributed by atoms with Gasteiger partial charge >= 0.3 is 6.18 Å². The number of hydrogen-bond donors (Lipinski definition) is 2. The molecule has 2 unspecified atom stereocenters. The van der Waals surface area contributed by atoms with Gasteiger partial charge in [0.25, 0.3) is 5.91 Å². The van der Waals surface area contributed by atoms with Crippen molar-refractivity contribution in [3.63, 3.8) is 0 Å². The van der Waals surface area contributed by atoms with E-state index in [1.54, 1.807) is 24.3 Å². The first-order chi connectivity index (χ1) is 13.2. The molecule has 1 fully saturated rings. The van der Waals surface area contributed by atoms with Crippen LogP contribution in [0.3, 0.4) is 0 Å². The van der Waals surface area contributed by atoms with E-state index in [0.717, 1.165) is 18.6 Å². The average molecular weight is 390 g/mol. The van der Waals surface area contributed by atoms with Gasteiger partial charge in [0.1, 0.15) is 0 Å². The van der Waals surface area contributed by atoms with Crippen LogP contribution in [0.2, 0.25) is 0 Å². The van der Waals surface area contributed by atoms with Gasteiger partial charge in [-0.05, 0) is 60.7 Å². The van der Waals surface area contributed by atoms with Gasteiger partial charge in [-0.1, -0.05) is 19.1 Å². The molecule has 0 spiro atoms. The fraction of sp³-hybridized carbons (Fsp3) is 0.333. The lowest BCUT2D eigenvalue weighted by Crippen LogP contribution is -2.25. The van der Waals surface area contributed by atoms with Crippen LogP contribution in [-0.2, 0) is 17.4 Å². The molecule has 2 atom stereocenters. The molecule has 7 heteroatoms. The summed E-state index contributed by atoms with van der Waals surface area (Å²) in [6.45, 7) is 2.34.